The minimum Gasteiger partial charge on any atom is -0.480 e. The van der Waals surface area contributed by atoms with E-state index in [-0.39, 0.29) is 40.0 Å². The van der Waals surface area contributed by atoms with E-state index in [4.69, 9.17) is 50.6 Å². The van der Waals surface area contributed by atoms with Crippen LogP contribution in [0.15, 0.2) is 124 Å². The first-order valence-corrected chi connectivity index (χ1v) is 49.3. The third-order valence-corrected chi connectivity index (χ3v) is 42.4. The van der Waals surface area contributed by atoms with Crippen LogP contribution < -0.4 is 34.2 Å². The number of aliphatic carboxylic acids is 1. The van der Waals surface area contributed by atoms with E-state index in [1.54, 1.807) is 16.1 Å². The first-order chi connectivity index (χ1) is 48.5. The molecule has 0 unspecified atom stereocenters. The van der Waals surface area contributed by atoms with E-state index in [1.807, 2.05) is 54.5 Å². The number of thiophene rings is 3. The van der Waals surface area contributed by atoms with Crippen molar-refractivity contribution in [2.45, 2.75) is 128 Å². The van der Waals surface area contributed by atoms with Crippen molar-refractivity contribution in [2.24, 2.45) is 14.1 Å². The van der Waals surface area contributed by atoms with Crippen molar-refractivity contribution in [1.82, 2.24) is 46.2 Å². The summed E-state index contributed by atoms with van der Waals surface area (Å²) in [7, 11) is -3.53. The zero-order valence-corrected chi connectivity index (χ0v) is 70.4. The van der Waals surface area contributed by atoms with Gasteiger partial charge in [-0.25, -0.2) is 18.2 Å². The summed E-state index contributed by atoms with van der Waals surface area (Å²) in [6.07, 6.45) is 16.9. The predicted molar refractivity (Wildman–Crippen MR) is 415 cm³/mol. The van der Waals surface area contributed by atoms with E-state index in [1.165, 1.54) is 149 Å². The third kappa shape index (κ3) is 23.7. The zero-order chi connectivity index (χ0) is 75.9. The molecule has 8 heterocycles. The smallest absolute Gasteiger partial charge is 0.322 e. The fourth-order valence-electron chi connectivity index (χ4n) is 11.2. The van der Waals surface area contributed by atoms with Crippen LogP contribution in [0.3, 0.4) is 0 Å². The molecule has 5 aromatic heterocycles. The quantitative estimate of drug-likeness (QED) is 0.0293. The first kappa shape index (κ1) is 85.7. The van der Waals surface area contributed by atoms with Crippen LogP contribution in [-0.2, 0) is 59.1 Å². The number of nitrogens with one attached hydrogen (secondary N) is 5. The molecular weight excluding hydrogens is 1760 g/mol. The van der Waals surface area contributed by atoms with Crippen LogP contribution in [0.25, 0.3) is 10.6 Å². The standard InChI is InChI=1S/C19H19ClFN5O3S2.C15H14BrClFN3O3S2.C9H11BrN2O4S2.C6H5ClFN.C4H5N2.3C4H9.Sn/c1-25-9-15(22-10-25)18-6-5-17(30-18)14-8-16(26(2)31(28,29)24-14)19(27)23-11-3-4-13(21)12(20)7-11;1-21-12(15(22)19-8-2-3-10(18)9(17)6-8)7-11(20-26(21,23)24)13-4-5-14(16)25-13;1-12-6(9(13)14)4-5(11-18(12,15)16)7-2-3-8(10)17-7;7-5-3-4(9)1-2-6(5)8;1-6-3-2-5-4-6;3*1-3-4-2;/h3-7,9-10,14,16,24H,8H2,1-2H3,(H,23,27);2-6,11-12,20H,7H2,1H3,(H,19,22);2-3,5-6,11H,4H2,1H3,(H,13,14);1-3H,9H2;3-4H,1H3;3*1,3-4H2,2H3;/t14-,16+;11-,12+;5-,6+;;;;;;/m110....../s1. The number of likely N-dealkylation sites (N-methyl/N-ethyl adjacent to an activating group) is 3. The van der Waals surface area contributed by atoms with E-state index in [0.717, 1.165) is 57.8 Å². The fourth-order valence-corrected chi connectivity index (χ4v) is 35.3. The maximum atomic E-state index is 13.4. The number of aromatic nitrogens is 4. The number of nitrogens with zero attached hydrogens (tertiary/aromatic N) is 7. The van der Waals surface area contributed by atoms with Crippen molar-refractivity contribution < 1.29 is 57.9 Å². The van der Waals surface area contributed by atoms with Crippen LogP contribution in [0.1, 0.15) is 111 Å². The average Bonchev–Trinajstić information content (AvgIpc) is 1.77. The van der Waals surface area contributed by atoms with E-state index in [2.05, 4.69) is 100 Å². The molecule has 0 radical (unpaired) electrons. The molecular formula is C65H81Br2Cl3F3N13O10S6Sn. The number of halogens is 8. The summed E-state index contributed by atoms with van der Waals surface area (Å²) in [4.78, 5) is 49.0. The second-order valence-corrected chi connectivity index (χ2v) is 50.2. The van der Waals surface area contributed by atoms with Crippen LogP contribution in [0, 0.1) is 17.5 Å². The van der Waals surface area contributed by atoms with Crippen LogP contribution in [0.4, 0.5) is 30.2 Å². The number of unbranched alkanes of at least 4 members (excludes halogenated alkanes) is 3. The number of hydrogen-bond acceptors (Lipinski definition) is 15. The van der Waals surface area contributed by atoms with Crippen molar-refractivity contribution in [1.29, 1.82) is 0 Å². The number of nitrogen functional groups attached to an aromatic ring is 1. The van der Waals surface area contributed by atoms with Crippen LogP contribution >= 0.6 is 101 Å². The van der Waals surface area contributed by atoms with Gasteiger partial charge in [0.25, 0.3) is 30.6 Å². The molecule has 0 aliphatic carbocycles. The Balaban J connectivity index is 0.000000188. The van der Waals surface area contributed by atoms with Crippen molar-refractivity contribution in [3.63, 3.8) is 0 Å². The number of carbonyl (C=O) groups excluding carboxylic acids is 2. The van der Waals surface area contributed by atoms with Crippen LogP contribution in [-0.4, -0.2) is 138 Å². The first-order valence-electron chi connectivity index (χ1n) is 32.3. The molecule has 562 valence electrons. The largest absolute Gasteiger partial charge is 0.480 e. The molecule has 3 aliphatic rings. The Bertz CT molecular complexity index is 4560. The number of hydrogen-bond donors (Lipinski definition) is 7. The van der Waals surface area contributed by atoms with Gasteiger partial charge in [0.1, 0.15) is 35.6 Å². The Kier molecular flexibility index (Phi) is 32.0. The molecule has 0 bridgehead atoms. The second-order valence-electron chi connectivity index (χ2n) is 24.5. The fraction of sp³-hybridized carbons (Fsp3) is 0.400. The molecule has 3 aliphatic heterocycles. The Morgan fingerprint density at radius 2 is 0.942 bits per heavy atom. The van der Waals surface area contributed by atoms with Gasteiger partial charge < -0.3 is 26.0 Å². The number of carbonyl (C=O) groups is 3. The summed E-state index contributed by atoms with van der Waals surface area (Å²) < 4.78 is 135. The molecule has 6 atom stereocenters. The molecule has 11 rings (SSSR count). The number of carboxylic acids is 1. The number of nitrogens with two attached hydrogens (primary N) is 1. The molecule has 23 nitrogen and oxygen atoms in total. The number of benzene rings is 3. The molecule has 3 aromatic carbocycles. The van der Waals surface area contributed by atoms with Gasteiger partial charge in [-0.3, -0.25) is 14.4 Å². The van der Waals surface area contributed by atoms with E-state index in [0.29, 0.717) is 11.4 Å². The summed E-state index contributed by atoms with van der Waals surface area (Å²) in [6, 6.07) is 18.0. The number of carboxylic acid groups (broad SMARTS) is 1. The monoisotopic (exact) mass is 1840 g/mol. The Morgan fingerprint density at radius 1 is 0.563 bits per heavy atom. The maximum absolute atomic E-state index is 13.4. The Hall–Kier alpha value is -4.58. The van der Waals surface area contributed by atoms with Crippen LogP contribution in [0.2, 0.25) is 28.4 Å². The second kappa shape index (κ2) is 38.5. The molecule has 3 fully saturated rings. The number of imidazole rings is 2. The minimum absolute atomic E-state index is 0.0648. The Labute approximate surface area is 647 Å². The van der Waals surface area contributed by atoms with Gasteiger partial charge in [-0.15, -0.1) is 34.0 Å². The van der Waals surface area contributed by atoms with E-state index < -0.39 is 120 Å². The van der Waals surface area contributed by atoms with Crippen LogP contribution in [0.5, 0.6) is 0 Å². The van der Waals surface area contributed by atoms with Gasteiger partial charge in [-0.1, -0.05) is 34.8 Å². The molecule has 0 spiro atoms. The SMILES string of the molecule is CCC[CH2][Sn]([CH2]CCC)([CH2]CCC)[c]1cn(C)cn1.CN1[C@@H](C(=O)O)C[C@@H](c2ccc(Br)s2)NS1(=O)=O.CN1[C@H](C(=O)Nc2ccc(F)c(Cl)c2)C[C@H](c2ccc(-c3cn(C)cn3)s2)NS1(=O)=O.CN1[C@H](C(=O)Nc2ccc(F)c(Cl)c2)C[C@H](c2ccc(Br)s2)NS1(=O)=O.Nc1ccc(F)c(Cl)c1. The summed E-state index contributed by atoms with van der Waals surface area (Å²) in [5.74, 6) is -3.83. The van der Waals surface area contributed by atoms with Gasteiger partial charge >= 0.3 is 130 Å². The molecule has 3 saturated heterocycles. The topological polar surface area (TPSA) is 305 Å². The number of amides is 2. The summed E-state index contributed by atoms with van der Waals surface area (Å²) in [5.41, 5.74) is 7.11. The van der Waals surface area contributed by atoms with Crippen molar-refractivity contribution in [2.75, 3.05) is 37.5 Å². The van der Waals surface area contributed by atoms with E-state index in [9.17, 15) is 52.8 Å². The summed E-state index contributed by atoms with van der Waals surface area (Å²) >= 11 is 25.5. The molecule has 103 heavy (non-hydrogen) atoms. The van der Waals surface area contributed by atoms with Gasteiger partial charge in [0.2, 0.25) is 11.8 Å². The van der Waals surface area contributed by atoms with Crippen molar-refractivity contribution >= 4 is 188 Å². The van der Waals surface area contributed by atoms with E-state index >= 15 is 0 Å². The van der Waals surface area contributed by atoms with Gasteiger partial charge in [0.15, 0.2) is 0 Å². The maximum Gasteiger partial charge on any atom is 0.322 e. The molecule has 8 N–H and O–H groups in total. The third-order valence-electron chi connectivity index (χ3n) is 17.0. The van der Waals surface area contributed by atoms with Crippen molar-refractivity contribution in [3.05, 3.63) is 171 Å². The molecule has 2 amide bonds. The molecule has 0 saturated carbocycles. The molecule has 8 aromatic rings. The number of aryl methyl sites for hydroxylation is 2. The van der Waals surface area contributed by atoms with Gasteiger partial charge in [0, 0.05) is 66.1 Å². The minimum atomic E-state index is -3.89. The number of anilines is 3. The zero-order valence-electron chi connectivity index (χ0n) is 57.2. The van der Waals surface area contributed by atoms with Gasteiger partial charge in [-0.2, -0.15) is 52.3 Å². The molecule has 38 heteroatoms. The average molecular weight is 1840 g/mol. The predicted octanol–water partition coefficient (Wildman–Crippen LogP) is 14.4. The van der Waals surface area contributed by atoms with Gasteiger partial charge in [-0.05, 0) is 142 Å². The number of rotatable bonds is 19. The summed E-state index contributed by atoms with van der Waals surface area (Å²) in [5, 5.41) is 14.1. The normalized spacial score (nSPS) is 20.1. The van der Waals surface area contributed by atoms with Crippen molar-refractivity contribution in [3.8, 4) is 10.6 Å². The Morgan fingerprint density at radius 3 is 1.29 bits per heavy atom. The van der Waals surface area contributed by atoms with Gasteiger partial charge in [0.05, 0.1) is 57.7 Å². The summed E-state index contributed by atoms with van der Waals surface area (Å²) in [6.45, 7) is 6.98.